The Morgan fingerprint density at radius 2 is 2.04 bits per heavy atom. The van der Waals surface area contributed by atoms with E-state index in [-0.39, 0.29) is 24.0 Å². The molecule has 0 spiro atoms. The molecule has 0 bridgehead atoms. The van der Waals surface area contributed by atoms with Crippen LogP contribution in [0, 0.1) is 5.92 Å². The van der Waals surface area contributed by atoms with Crippen molar-refractivity contribution < 1.29 is 0 Å². The number of aromatic nitrogens is 3. The van der Waals surface area contributed by atoms with Gasteiger partial charge < -0.3 is 10.6 Å². The molecule has 0 radical (unpaired) electrons. The third-order valence-corrected chi connectivity index (χ3v) is 4.11. The van der Waals surface area contributed by atoms with Gasteiger partial charge in [-0.1, -0.05) is 26.7 Å². The van der Waals surface area contributed by atoms with Gasteiger partial charge in [-0.05, 0) is 49.9 Å². The monoisotopic (exact) mass is 484 g/mol. The highest BCUT2D eigenvalue weighted by Crippen LogP contribution is 2.09. The van der Waals surface area contributed by atoms with Crippen LogP contribution in [0.15, 0.2) is 41.8 Å². The van der Waals surface area contributed by atoms with Crippen LogP contribution >= 0.6 is 24.0 Å². The van der Waals surface area contributed by atoms with Gasteiger partial charge in [0.2, 0.25) is 0 Å². The van der Waals surface area contributed by atoms with E-state index in [1.807, 2.05) is 24.4 Å². The molecule has 27 heavy (non-hydrogen) atoms. The summed E-state index contributed by atoms with van der Waals surface area (Å²) in [6, 6.07) is 6.31. The van der Waals surface area contributed by atoms with Gasteiger partial charge in [0.05, 0.1) is 6.54 Å². The molecule has 0 fully saturated rings. The van der Waals surface area contributed by atoms with E-state index in [1.165, 1.54) is 12.8 Å². The number of guanidine groups is 1. The summed E-state index contributed by atoms with van der Waals surface area (Å²) in [5.74, 6) is 2.43. The Morgan fingerprint density at radius 3 is 2.70 bits per heavy atom. The largest absolute Gasteiger partial charge is 0.357 e. The first-order valence-electron chi connectivity index (χ1n) is 9.58. The lowest BCUT2D eigenvalue weighted by atomic mass is 10.0. The number of halogens is 1. The SMILES string of the molecule is CCNC(=NCc1ccnc(-n2cccn2)c1)NC(C)CCCC(C)C.I. The van der Waals surface area contributed by atoms with Gasteiger partial charge in [-0.3, -0.25) is 0 Å². The summed E-state index contributed by atoms with van der Waals surface area (Å²) in [6.07, 6.45) is 9.11. The second kappa shape index (κ2) is 12.7. The normalized spacial score (nSPS) is 12.6. The Kier molecular flexibility index (Phi) is 11.0. The van der Waals surface area contributed by atoms with Gasteiger partial charge in [0.25, 0.3) is 0 Å². The van der Waals surface area contributed by atoms with E-state index in [2.05, 4.69) is 48.4 Å². The van der Waals surface area contributed by atoms with E-state index in [0.29, 0.717) is 12.6 Å². The Balaban J connectivity index is 0.00000364. The zero-order valence-electron chi connectivity index (χ0n) is 16.9. The molecule has 0 aromatic carbocycles. The van der Waals surface area contributed by atoms with Crippen LogP contribution < -0.4 is 10.6 Å². The number of pyridine rings is 1. The number of hydrogen-bond acceptors (Lipinski definition) is 3. The Bertz CT molecular complexity index is 669. The van der Waals surface area contributed by atoms with Gasteiger partial charge in [0.1, 0.15) is 0 Å². The molecule has 2 aromatic rings. The van der Waals surface area contributed by atoms with Gasteiger partial charge in [-0.15, -0.1) is 24.0 Å². The van der Waals surface area contributed by atoms with Crippen molar-refractivity contribution in [2.24, 2.45) is 10.9 Å². The Hall–Kier alpha value is -1.64. The van der Waals surface area contributed by atoms with E-state index >= 15 is 0 Å². The fourth-order valence-corrected chi connectivity index (χ4v) is 2.72. The van der Waals surface area contributed by atoms with Gasteiger partial charge in [0, 0.05) is 31.2 Å². The molecule has 1 atom stereocenters. The van der Waals surface area contributed by atoms with E-state index in [9.17, 15) is 0 Å². The Morgan fingerprint density at radius 1 is 1.22 bits per heavy atom. The fraction of sp³-hybridized carbons (Fsp3) is 0.550. The molecule has 0 aliphatic rings. The molecule has 2 N–H and O–H groups in total. The zero-order chi connectivity index (χ0) is 18.8. The highest BCUT2D eigenvalue weighted by Gasteiger charge is 2.06. The highest BCUT2D eigenvalue weighted by molar-refractivity contribution is 14.0. The summed E-state index contributed by atoms with van der Waals surface area (Å²) in [4.78, 5) is 9.09. The van der Waals surface area contributed by atoms with E-state index < -0.39 is 0 Å². The first-order chi connectivity index (χ1) is 12.6. The molecule has 0 aliphatic carbocycles. The Labute approximate surface area is 180 Å². The summed E-state index contributed by atoms with van der Waals surface area (Å²) in [6.45, 7) is 10.3. The van der Waals surface area contributed by atoms with Crippen molar-refractivity contribution in [3.8, 4) is 5.82 Å². The summed E-state index contributed by atoms with van der Waals surface area (Å²) < 4.78 is 1.76. The van der Waals surface area contributed by atoms with E-state index in [4.69, 9.17) is 4.99 Å². The zero-order valence-corrected chi connectivity index (χ0v) is 19.2. The molecule has 7 heteroatoms. The van der Waals surface area contributed by atoms with Gasteiger partial charge >= 0.3 is 0 Å². The predicted octanol–water partition coefficient (Wildman–Crippen LogP) is 4.16. The first kappa shape index (κ1) is 23.4. The predicted molar refractivity (Wildman–Crippen MR) is 123 cm³/mol. The minimum atomic E-state index is 0. The smallest absolute Gasteiger partial charge is 0.191 e. The molecule has 6 nitrogen and oxygen atoms in total. The summed E-state index contributed by atoms with van der Waals surface area (Å²) >= 11 is 0. The molecule has 0 amide bonds. The van der Waals surface area contributed by atoms with E-state index in [1.54, 1.807) is 17.1 Å². The standard InChI is InChI=1S/C20H32N6.HI/c1-5-21-20(25-17(4)9-6-8-16(2)3)23-15-18-10-12-22-19(14-18)26-13-7-11-24-26;/h7,10-14,16-17H,5-6,8-9,15H2,1-4H3,(H2,21,23,25);1H. The van der Waals surface area contributed by atoms with Crippen molar-refractivity contribution in [2.45, 2.75) is 59.5 Å². The number of nitrogens with one attached hydrogen (secondary N) is 2. The van der Waals surface area contributed by atoms with Crippen LogP contribution in [0.3, 0.4) is 0 Å². The number of aliphatic imine (C=N–C) groups is 1. The van der Waals surface area contributed by atoms with Gasteiger partial charge in [-0.2, -0.15) is 5.10 Å². The highest BCUT2D eigenvalue weighted by atomic mass is 127. The number of hydrogen-bond donors (Lipinski definition) is 2. The third-order valence-electron chi connectivity index (χ3n) is 4.11. The van der Waals surface area contributed by atoms with Crippen molar-refractivity contribution in [3.63, 3.8) is 0 Å². The van der Waals surface area contributed by atoms with Crippen molar-refractivity contribution in [3.05, 3.63) is 42.4 Å². The molecule has 0 saturated heterocycles. The minimum Gasteiger partial charge on any atom is -0.357 e. The van der Waals surface area contributed by atoms with Crippen LogP contribution in [0.2, 0.25) is 0 Å². The lowest BCUT2D eigenvalue weighted by Crippen LogP contribution is -2.42. The maximum atomic E-state index is 4.73. The molecular weight excluding hydrogens is 451 g/mol. The van der Waals surface area contributed by atoms with Crippen LogP contribution in [-0.4, -0.2) is 33.3 Å². The first-order valence-corrected chi connectivity index (χ1v) is 9.58. The van der Waals surface area contributed by atoms with Crippen LogP contribution in [0.25, 0.3) is 5.82 Å². The van der Waals surface area contributed by atoms with Crippen LogP contribution in [-0.2, 0) is 6.54 Å². The summed E-state index contributed by atoms with van der Waals surface area (Å²) in [5, 5.41) is 11.1. The minimum absolute atomic E-state index is 0. The lowest BCUT2D eigenvalue weighted by Gasteiger charge is -2.18. The molecular formula is C20H33IN6. The van der Waals surface area contributed by atoms with Crippen molar-refractivity contribution >= 4 is 29.9 Å². The summed E-state index contributed by atoms with van der Waals surface area (Å²) in [7, 11) is 0. The van der Waals surface area contributed by atoms with Crippen LogP contribution in [0.5, 0.6) is 0 Å². The number of nitrogens with zero attached hydrogens (tertiary/aromatic N) is 4. The maximum Gasteiger partial charge on any atom is 0.191 e. The molecule has 150 valence electrons. The van der Waals surface area contributed by atoms with E-state index in [0.717, 1.165) is 36.2 Å². The molecule has 2 aromatic heterocycles. The number of rotatable bonds is 9. The molecule has 1 unspecified atom stereocenters. The van der Waals surface area contributed by atoms with Crippen molar-refractivity contribution in [1.82, 2.24) is 25.4 Å². The summed E-state index contributed by atoms with van der Waals surface area (Å²) in [5.41, 5.74) is 1.11. The van der Waals surface area contributed by atoms with Crippen molar-refractivity contribution in [1.29, 1.82) is 0 Å². The maximum absolute atomic E-state index is 4.73. The average molecular weight is 484 g/mol. The average Bonchev–Trinajstić information content (AvgIpc) is 3.14. The lowest BCUT2D eigenvalue weighted by molar-refractivity contribution is 0.491. The topological polar surface area (TPSA) is 67.1 Å². The van der Waals surface area contributed by atoms with Crippen molar-refractivity contribution in [2.75, 3.05) is 6.54 Å². The quantitative estimate of drug-likeness (QED) is 0.319. The van der Waals surface area contributed by atoms with Gasteiger partial charge in [0.15, 0.2) is 11.8 Å². The third kappa shape index (κ3) is 8.73. The second-order valence-corrected chi connectivity index (χ2v) is 7.04. The molecule has 0 saturated carbocycles. The molecule has 2 heterocycles. The van der Waals surface area contributed by atoms with Gasteiger partial charge in [-0.25, -0.2) is 14.7 Å². The van der Waals surface area contributed by atoms with Crippen LogP contribution in [0.4, 0.5) is 0 Å². The molecule has 2 rings (SSSR count). The fourth-order valence-electron chi connectivity index (χ4n) is 2.72. The molecule has 0 aliphatic heterocycles. The van der Waals surface area contributed by atoms with Crippen LogP contribution in [0.1, 0.15) is 52.5 Å². The second-order valence-electron chi connectivity index (χ2n) is 7.04.